The van der Waals surface area contributed by atoms with Gasteiger partial charge in [-0.15, -0.1) is 0 Å². The molecule has 1 amide bonds. The number of para-hydroxylation sites is 1. The standard InChI is InChI=1S/C20H15ClN2O4/c21-19-17(7-4-12-22-19)20(25)26-13-18(24)23-14-8-10-16(11-9-14)27-15-5-2-1-3-6-15/h1-12H,13H2,(H,23,24). The number of halogens is 1. The van der Waals surface area contributed by atoms with Gasteiger partial charge in [0.2, 0.25) is 0 Å². The zero-order valence-corrected chi connectivity index (χ0v) is 14.8. The summed E-state index contributed by atoms with van der Waals surface area (Å²) in [6.45, 7) is -0.438. The number of nitrogens with zero attached hydrogens (tertiary/aromatic N) is 1. The number of pyridine rings is 1. The summed E-state index contributed by atoms with van der Waals surface area (Å²) in [5.74, 6) is 0.169. The Kier molecular flexibility index (Phi) is 6.02. The molecule has 27 heavy (non-hydrogen) atoms. The molecular formula is C20H15ClN2O4. The number of ether oxygens (including phenoxy) is 2. The lowest BCUT2D eigenvalue weighted by molar-refractivity contribution is -0.119. The van der Waals surface area contributed by atoms with Crippen LogP contribution in [-0.2, 0) is 9.53 Å². The Balaban J connectivity index is 1.50. The number of esters is 1. The van der Waals surface area contributed by atoms with Gasteiger partial charge in [0.15, 0.2) is 6.61 Å². The molecule has 1 heterocycles. The number of benzene rings is 2. The molecule has 1 N–H and O–H groups in total. The van der Waals surface area contributed by atoms with Gasteiger partial charge < -0.3 is 14.8 Å². The lowest BCUT2D eigenvalue weighted by Crippen LogP contribution is -2.21. The molecule has 0 aliphatic heterocycles. The van der Waals surface area contributed by atoms with E-state index in [9.17, 15) is 9.59 Å². The van der Waals surface area contributed by atoms with Crippen molar-refractivity contribution in [3.63, 3.8) is 0 Å². The van der Waals surface area contributed by atoms with E-state index in [0.717, 1.165) is 5.75 Å². The third-order valence-electron chi connectivity index (χ3n) is 3.43. The second-order valence-corrected chi connectivity index (χ2v) is 5.76. The maximum Gasteiger partial charge on any atom is 0.341 e. The predicted octanol–water partition coefficient (Wildman–Crippen LogP) is 4.32. The van der Waals surface area contributed by atoms with E-state index in [1.165, 1.54) is 12.3 Å². The molecule has 6 nitrogen and oxygen atoms in total. The van der Waals surface area contributed by atoms with Crippen LogP contribution in [0.5, 0.6) is 11.5 Å². The highest BCUT2D eigenvalue weighted by atomic mass is 35.5. The minimum Gasteiger partial charge on any atom is -0.457 e. The smallest absolute Gasteiger partial charge is 0.341 e. The number of anilines is 1. The summed E-state index contributed by atoms with van der Waals surface area (Å²) in [5, 5.41) is 2.66. The molecule has 0 unspecified atom stereocenters. The molecule has 0 aliphatic carbocycles. The van der Waals surface area contributed by atoms with Crippen LogP contribution < -0.4 is 10.1 Å². The summed E-state index contributed by atoms with van der Waals surface area (Å²) in [4.78, 5) is 27.6. The van der Waals surface area contributed by atoms with Crippen molar-refractivity contribution in [2.45, 2.75) is 0 Å². The van der Waals surface area contributed by atoms with E-state index in [2.05, 4.69) is 10.3 Å². The molecule has 1 aromatic heterocycles. The molecule has 0 aliphatic rings. The maximum atomic E-state index is 11.9. The number of hydrogen-bond acceptors (Lipinski definition) is 5. The van der Waals surface area contributed by atoms with Crippen LogP contribution in [0.2, 0.25) is 5.15 Å². The monoisotopic (exact) mass is 382 g/mol. The highest BCUT2D eigenvalue weighted by Crippen LogP contribution is 2.22. The largest absolute Gasteiger partial charge is 0.457 e. The number of hydrogen-bond donors (Lipinski definition) is 1. The Morgan fingerprint density at radius 2 is 1.63 bits per heavy atom. The number of carbonyl (C=O) groups excluding carboxylic acids is 2. The summed E-state index contributed by atoms with van der Waals surface area (Å²) in [6.07, 6.45) is 1.46. The Bertz CT molecular complexity index is 930. The highest BCUT2D eigenvalue weighted by molar-refractivity contribution is 6.32. The van der Waals surface area contributed by atoms with Gasteiger partial charge in [0, 0.05) is 11.9 Å². The highest BCUT2D eigenvalue weighted by Gasteiger charge is 2.14. The minimum atomic E-state index is -0.713. The van der Waals surface area contributed by atoms with E-state index >= 15 is 0 Å². The van der Waals surface area contributed by atoms with E-state index < -0.39 is 18.5 Å². The van der Waals surface area contributed by atoms with Gasteiger partial charge >= 0.3 is 5.97 Å². The topological polar surface area (TPSA) is 77.5 Å². The first-order chi connectivity index (χ1) is 13.1. The third-order valence-corrected chi connectivity index (χ3v) is 3.73. The summed E-state index contributed by atoms with van der Waals surface area (Å²) in [6, 6.07) is 19.2. The average molecular weight is 383 g/mol. The Morgan fingerprint density at radius 1 is 0.926 bits per heavy atom. The van der Waals surface area contributed by atoms with Gasteiger partial charge in [-0.25, -0.2) is 9.78 Å². The van der Waals surface area contributed by atoms with Gasteiger partial charge in [0.05, 0.1) is 5.56 Å². The van der Waals surface area contributed by atoms with Gasteiger partial charge in [-0.2, -0.15) is 0 Å². The van der Waals surface area contributed by atoms with Crippen molar-refractivity contribution in [2.75, 3.05) is 11.9 Å². The second kappa shape index (κ2) is 8.82. The van der Waals surface area contributed by atoms with Crippen molar-refractivity contribution in [1.29, 1.82) is 0 Å². The third kappa shape index (κ3) is 5.29. The van der Waals surface area contributed by atoms with Gasteiger partial charge in [-0.3, -0.25) is 4.79 Å². The molecule has 0 radical (unpaired) electrons. The number of aromatic nitrogens is 1. The Labute approximate surface area is 160 Å². The summed E-state index contributed by atoms with van der Waals surface area (Å²) >= 11 is 5.81. The molecule has 0 atom stereocenters. The Morgan fingerprint density at radius 3 is 2.33 bits per heavy atom. The van der Waals surface area contributed by atoms with Gasteiger partial charge in [0.25, 0.3) is 5.91 Å². The molecule has 2 aromatic carbocycles. The van der Waals surface area contributed by atoms with Crippen molar-refractivity contribution in [3.8, 4) is 11.5 Å². The van der Waals surface area contributed by atoms with Crippen LogP contribution in [0.3, 0.4) is 0 Å². The SMILES string of the molecule is O=C(COC(=O)c1cccnc1Cl)Nc1ccc(Oc2ccccc2)cc1. The number of amides is 1. The minimum absolute atomic E-state index is 0.0249. The lowest BCUT2D eigenvalue weighted by atomic mass is 10.3. The normalized spacial score (nSPS) is 10.1. The van der Waals surface area contributed by atoms with E-state index in [1.54, 1.807) is 30.3 Å². The van der Waals surface area contributed by atoms with E-state index in [-0.39, 0.29) is 10.7 Å². The molecule has 3 aromatic rings. The molecule has 7 heteroatoms. The fourth-order valence-corrected chi connectivity index (χ4v) is 2.37. The molecule has 0 saturated heterocycles. The first kappa shape index (κ1) is 18.4. The quantitative estimate of drug-likeness (QED) is 0.507. The fourth-order valence-electron chi connectivity index (χ4n) is 2.18. The van der Waals surface area contributed by atoms with E-state index in [1.807, 2.05) is 30.3 Å². The van der Waals surface area contributed by atoms with E-state index in [4.69, 9.17) is 21.1 Å². The molecule has 0 bridgehead atoms. The van der Waals surface area contributed by atoms with Crippen LogP contribution in [0, 0.1) is 0 Å². The van der Waals surface area contributed by atoms with Gasteiger partial charge in [-0.1, -0.05) is 29.8 Å². The molecule has 0 spiro atoms. The molecule has 0 fully saturated rings. The molecular weight excluding hydrogens is 368 g/mol. The second-order valence-electron chi connectivity index (χ2n) is 5.41. The van der Waals surface area contributed by atoms with Crippen LogP contribution >= 0.6 is 11.6 Å². The van der Waals surface area contributed by atoms with Crippen molar-refractivity contribution < 1.29 is 19.1 Å². The molecule has 3 rings (SSSR count). The number of rotatable bonds is 6. The van der Waals surface area contributed by atoms with Crippen LogP contribution in [0.25, 0.3) is 0 Å². The lowest BCUT2D eigenvalue weighted by Gasteiger charge is -2.09. The van der Waals surface area contributed by atoms with Crippen LogP contribution in [-0.4, -0.2) is 23.5 Å². The average Bonchev–Trinajstić information content (AvgIpc) is 2.69. The maximum absolute atomic E-state index is 11.9. The number of nitrogens with one attached hydrogen (secondary N) is 1. The Hall–Kier alpha value is -3.38. The van der Waals surface area contributed by atoms with Crippen molar-refractivity contribution in [1.82, 2.24) is 4.98 Å². The van der Waals surface area contributed by atoms with Gasteiger partial charge in [0.1, 0.15) is 16.7 Å². The molecule has 136 valence electrons. The van der Waals surface area contributed by atoms with Crippen LogP contribution in [0.1, 0.15) is 10.4 Å². The van der Waals surface area contributed by atoms with Crippen LogP contribution in [0.4, 0.5) is 5.69 Å². The first-order valence-electron chi connectivity index (χ1n) is 8.02. The van der Waals surface area contributed by atoms with Crippen molar-refractivity contribution >= 4 is 29.2 Å². The fraction of sp³-hybridized carbons (Fsp3) is 0.0500. The van der Waals surface area contributed by atoms with Crippen LogP contribution in [0.15, 0.2) is 72.9 Å². The summed E-state index contributed by atoms with van der Waals surface area (Å²) in [5.41, 5.74) is 0.658. The van der Waals surface area contributed by atoms with Crippen molar-refractivity contribution in [2.24, 2.45) is 0 Å². The number of carbonyl (C=O) groups is 2. The van der Waals surface area contributed by atoms with Crippen molar-refractivity contribution in [3.05, 3.63) is 83.6 Å². The molecule has 0 saturated carbocycles. The van der Waals surface area contributed by atoms with Gasteiger partial charge in [-0.05, 0) is 48.5 Å². The van der Waals surface area contributed by atoms with E-state index in [0.29, 0.717) is 11.4 Å². The first-order valence-corrected chi connectivity index (χ1v) is 8.40. The zero-order chi connectivity index (χ0) is 19.1. The predicted molar refractivity (Wildman–Crippen MR) is 101 cm³/mol. The summed E-state index contributed by atoms with van der Waals surface area (Å²) < 4.78 is 10.6. The zero-order valence-electron chi connectivity index (χ0n) is 14.1. The summed E-state index contributed by atoms with van der Waals surface area (Å²) in [7, 11) is 0.